The number of hydrogen-bond acceptors (Lipinski definition) is 6. The molecule has 7 nitrogen and oxygen atoms in total. The quantitative estimate of drug-likeness (QED) is 0.254. The molecule has 0 saturated heterocycles. The molecule has 0 unspecified atom stereocenters. The van der Waals surface area contributed by atoms with Crippen molar-refractivity contribution < 1.29 is 9.53 Å². The van der Waals surface area contributed by atoms with Gasteiger partial charge < -0.3 is 4.74 Å². The highest BCUT2D eigenvalue weighted by Crippen LogP contribution is 2.35. The van der Waals surface area contributed by atoms with Gasteiger partial charge in [-0.1, -0.05) is 73.0 Å². The van der Waals surface area contributed by atoms with Crippen LogP contribution in [0, 0.1) is 6.92 Å². The van der Waals surface area contributed by atoms with Gasteiger partial charge in [-0.2, -0.15) is 5.10 Å². The number of aryl methyl sites for hydroxylation is 1. The molecule has 0 spiro atoms. The second kappa shape index (κ2) is 11.8. The maximum absolute atomic E-state index is 12.5. The van der Waals surface area contributed by atoms with Crippen LogP contribution >= 0.6 is 11.8 Å². The number of carbonyl (C=O) groups is 1. The Labute approximate surface area is 205 Å². The van der Waals surface area contributed by atoms with Gasteiger partial charge in [-0.05, 0) is 38.8 Å². The molecule has 1 fully saturated rings. The predicted molar refractivity (Wildman–Crippen MR) is 136 cm³/mol. The zero-order valence-electron chi connectivity index (χ0n) is 19.7. The Kier molecular flexibility index (Phi) is 8.36. The molecule has 1 aliphatic rings. The molecule has 34 heavy (non-hydrogen) atoms. The highest BCUT2D eigenvalue weighted by molar-refractivity contribution is 7.99. The lowest BCUT2D eigenvalue weighted by Gasteiger charge is -2.25. The SMILES string of the molecule is CCOc1ccccc1/C=N\NC(=O)CSc1nnc(-c2ccc(C)cc2)n1C1CCCCC1. The minimum Gasteiger partial charge on any atom is -0.493 e. The van der Waals surface area contributed by atoms with Crippen LogP contribution in [0.15, 0.2) is 58.8 Å². The van der Waals surface area contributed by atoms with Gasteiger partial charge in [0.1, 0.15) is 5.75 Å². The number of hydrazone groups is 1. The Morgan fingerprint density at radius 1 is 1.15 bits per heavy atom. The summed E-state index contributed by atoms with van der Waals surface area (Å²) in [5.41, 5.74) is 5.69. The Hall–Kier alpha value is -3.13. The number of benzene rings is 2. The summed E-state index contributed by atoms with van der Waals surface area (Å²) in [5, 5.41) is 13.9. The Morgan fingerprint density at radius 3 is 2.68 bits per heavy atom. The van der Waals surface area contributed by atoms with Crippen molar-refractivity contribution in [2.45, 2.75) is 57.1 Å². The van der Waals surface area contributed by atoms with E-state index < -0.39 is 0 Å². The first-order valence-electron chi connectivity index (χ1n) is 11.8. The van der Waals surface area contributed by atoms with E-state index in [0.717, 1.165) is 40.7 Å². The molecule has 0 radical (unpaired) electrons. The number of amides is 1. The number of ether oxygens (including phenoxy) is 1. The number of hydrogen-bond donors (Lipinski definition) is 1. The highest BCUT2D eigenvalue weighted by atomic mass is 32.2. The fourth-order valence-electron chi connectivity index (χ4n) is 4.15. The first-order valence-corrected chi connectivity index (χ1v) is 12.8. The third-order valence-electron chi connectivity index (χ3n) is 5.86. The van der Waals surface area contributed by atoms with Crippen LogP contribution in [-0.4, -0.2) is 39.2 Å². The molecule has 178 valence electrons. The summed E-state index contributed by atoms with van der Waals surface area (Å²) < 4.78 is 7.83. The second-order valence-electron chi connectivity index (χ2n) is 8.39. The molecule has 1 saturated carbocycles. The number of carbonyl (C=O) groups excluding carboxylic acids is 1. The molecular formula is C26H31N5O2S. The van der Waals surface area contributed by atoms with Gasteiger partial charge in [-0.15, -0.1) is 10.2 Å². The fourth-order valence-corrected chi connectivity index (χ4v) is 4.95. The standard InChI is InChI=1S/C26H31N5O2S/c1-3-33-23-12-8-7-9-21(23)17-27-28-24(32)18-34-26-30-29-25(20-15-13-19(2)14-16-20)31(26)22-10-5-4-6-11-22/h7-9,12-17,22H,3-6,10-11,18H2,1-2H3,(H,28,32)/b27-17-. The van der Waals surface area contributed by atoms with Gasteiger partial charge in [0, 0.05) is 17.2 Å². The van der Waals surface area contributed by atoms with E-state index in [9.17, 15) is 4.79 Å². The Bertz CT molecular complexity index is 1120. The molecule has 4 rings (SSSR count). The van der Waals surface area contributed by atoms with E-state index in [0.29, 0.717) is 12.6 Å². The monoisotopic (exact) mass is 477 g/mol. The van der Waals surface area contributed by atoms with Crippen LogP contribution in [0.5, 0.6) is 5.75 Å². The molecule has 0 atom stereocenters. The summed E-state index contributed by atoms with van der Waals surface area (Å²) in [4.78, 5) is 12.5. The van der Waals surface area contributed by atoms with Crippen molar-refractivity contribution in [3.8, 4) is 17.1 Å². The molecule has 1 heterocycles. The van der Waals surface area contributed by atoms with Gasteiger partial charge >= 0.3 is 0 Å². The molecule has 2 aromatic carbocycles. The van der Waals surface area contributed by atoms with E-state index in [4.69, 9.17) is 4.74 Å². The van der Waals surface area contributed by atoms with Gasteiger partial charge in [0.2, 0.25) is 0 Å². The van der Waals surface area contributed by atoms with E-state index in [2.05, 4.69) is 56.5 Å². The number of nitrogens with one attached hydrogen (secondary N) is 1. The number of para-hydroxylation sites is 1. The van der Waals surface area contributed by atoms with Crippen molar-refractivity contribution in [1.29, 1.82) is 0 Å². The molecule has 8 heteroatoms. The van der Waals surface area contributed by atoms with E-state index in [1.165, 1.54) is 36.6 Å². The van der Waals surface area contributed by atoms with Gasteiger partial charge in [0.15, 0.2) is 11.0 Å². The minimum absolute atomic E-state index is 0.190. The molecule has 1 amide bonds. The van der Waals surface area contributed by atoms with Crippen LogP contribution < -0.4 is 10.2 Å². The Morgan fingerprint density at radius 2 is 1.91 bits per heavy atom. The zero-order valence-corrected chi connectivity index (χ0v) is 20.6. The largest absolute Gasteiger partial charge is 0.493 e. The van der Waals surface area contributed by atoms with Gasteiger partial charge in [0.05, 0.1) is 18.6 Å². The van der Waals surface area contributed by atoms with Crippen LogP contribution in [0.25, 0.3) is 11.4 Å². The van der Waals surface area contributed by atoms with Crippen molar-refractivity contribution >= 4 is 23.9 Å². The van der Waals surface area contributed by atoms with Gasteiger partial charge in [-0.25, -0.2) is 5.43 Å². The average molecular weight is 478 g/mol. The maximum atomic E-state index is 12.5. The third kappa shape index (κ3) is 6.05. The lowest BCUT2D eigenvalue weighted by Crippen LogP contribution is -2.20. The zero-order chi connectivity index (χ0) is 23.8. The number of rotatable bonds is 9. The van der Waals surface area contributed by atoms with Crippen LogP contribution in [-0.2, 0) is 4.79 Å². The van der Waals surface area contributed by atoms with Gasteiger partial charge in [-0.3, -0.25) is 9.36 Å². The predicted octanol–water partition coefficient (Wildman–Crippen LogP) is 5.40. The van der Waals surface area contributed by atoms with Crippen LogP contribution in [0.2, 0.25) is 0 Å². The molecule has 1 N–H and O–H groups in total. The summed E-state index contributed by atoms with van der Waals surface area (Å²) >= 11 is 1.40. The van der Waals surface area contributed by atoms with Crippen molar-refractivity contribution in [3.63, 3.8) is 0 Å². The van der Waals surface area contributed by atoms with E-state index in [-0.39, 0.29) is 11.7 Å². The molecular weight excluding hydrogens is 446 g/mol. The lowest BCUT2D eigenvalue weighted by atomic mass is 9.95. The summed E-state index contributed by atoms with van der Waals surface area (Å²) in [6.45, 7) is 4.58. The summed E-state index contributed by atoms with van der Waals surface area (Å²) in [6.07, 6.45) is 7.51. The first-order chi connectivity index (χ1) is 16.7. The molecule has 1 aliphatic carbocycles. The third-order valence-corrected chi connectivity index (χ3v) is 6.80. The van der Waals surface area contributed by atoms with Crippen molar-refractivity contribution in [2.75, 3.05) is 12.4 Å². The first kappa shape index (κ1) is 24.0. The lowest BCUT2D eigenvalue weighted by molar-refractivity contribution is -0.118. The number of thioether (sulfide) groups is 1. The van der Waals surface area contributed by atoms with Crippen molar-refractivity contribution in [3.05, 3.63) is 59.7 Å². The smallest absolute Gasteiger partial charge is 0.250 e. The number of aromatic nitrogens is 3. The van der Waals surface area contributed by atoms with Crippen molar-refractivity contribution in [2.24, 2.45) is 5.10 Å². The highest BCUT2D eigenvalue weighted by Gasteiger charge is 2.24. The van der Waals surface area contributed by atoms with Gasteiger partial charge in [0.25, 0.3) is 5.91 Å². The average Bonchev–Trinajstić information content (AvgIpc) is 3.29. The maximum Gasteiger partial charge on any atom is 0.250 e. The topological polar surface area (TPSA) is 81.4 Å². The molecule has 1 aromatic heterocycles. The number of nitrogens with zero attached hydrogens (tertiary/aromatic N) is 4. The van der Waals surface area contributed by atoms with Crippen LogP contribution in [0.1, 0.15) is 56.2 Å². The Balaban J connectivity index is 1.44. The second-order valence-corrected chi connectivity index (χ2v) is 9.33. The summed E-state index contributed by atoms with van der Waals surface area (Å²) in [7, 11) is 0. The minimum atomic E-state index is -0.190. The van der Waals surface area contributed by atoms with E-state index >= 15 is 0 Å². The van der Waals surface area contributed by atoms with Crippen LogP contribution in [0.3, 0.4) is 0 Å². The van der Waals surface area contributed by atoms with E-state index in [1.54, 1.807) is 6.21 Å². The molecule has 0 bridgehead atoms. The summed E-state index contributed by atoms with van der Waals surface area (Å²) in [5.74, 6) is 1.63. The fraction of sp³-hybridized carbons (Fsp3) is 0.385. The van der Waals surface area contributed by atoms with E-state index in [1.807, 2.05) is 31.2 Å². The summed E-state index contributed by atoms with van der Waals surface area (Å²) in [6, 6.07) is 16.3. The molecule has 0 aliphatic heterocycles. The normalized spacial score (nSPS) is 14.4. The molecule has 3 aromatic rings. The van der Waals surface area contributed by atoms with Crippen molar-refractivity contribution in [1.82, 2.24) is 20.2 Å². The van der Waals surface area contributed by atoms with Crippen LogP contribution in [0.4, 0.5) is 0 Å².